The molecule has 5 heteroatoms. The van der Waals surface area contributed by atoms with Gasteiger partial charge in [0.1, 0.15) is 0 Å². The van der Waals surface area contributed by atoms with Gasteiger partial charge in [0.15, 0.2) is 10.4 Å². The van der Waals surface area contributed by atoms with Crippen LogP contribution in [-0.2, 0) is 6.54 Å². The van der Waals surface area contributed by atoms with Crippen LogP contribution in [0.25, 0.3) is 11.2 Å². The Morgan fingerprint density at radius 2 is 2.44 bits per heavy atom. The van der Waals surface area contributed by atoms with Crippen LogP contribution < -0.4 is 0 Å². The van der Waals surface area contributed by atoms with E-state index in [0.29, 0.717) is 4.75 Å². The second-order valence-corrected chi connectivity index (χ2v) is 5.94. The lowest BCUT2D eigenvalue weighted by Crippen LogP contribution is -2.14. The van der Waals surface area contributed by atoms with E-state index in [9.17, 15) is 0 Å². The minimum absolute atomic E-state index is 0.408. The molecule has 2 aromatic rings. The molecule has 1 saturated carbocycles. The zero-order valence-corrected chi connectivity index (χ0v) is 10.7. The third kappa shape index (κ3) is 1.58. The topological polar surface area (TPSA) is 33.6 Å². The number of thioether (sulfide) groups is 1. The molecule has 3 rings (SSSR count). The van der Waals surface area contributed by atoms with Gasteiger partial charge in [-0.05, 0) is 43.4 Å². The minimum atomic E-state index is 0.408. The maximum absolute atomic E-state index is 5.35. The smallest absolute Gasteiger partial charge is 0.179 e. The zero-order chi connectivity index (χ0) is 11.2. The Labute approximate surface area is 103 Å². The van der Waals surface area contributed by atoms with Gasteiger partial charge in [-0.15, -0.1) is 0 Å². The number of fused-ring (bicyclic) bond motifs is 1. The van der Waals surface area contributed by atoms with Gasteiger partial charge in [-0.2, -0.15) is 11.8 Å². The molecule has 1 aliphatic rings. The van der Waals surface area contributed by atoms with Gasteiger partial charge in [0.05, 0.1) is 5.52 Å². The molecule has 16 heavy (non-hydrogen) atoms. The van der Waals surface area contributed by atoms with Gasteiger partial charge in [-0.25, -0.2) is 4.98 Å². The summed E-state index contributed by atoms with van der Waals surface area (Å²) in [5.74, 6) is 0. The summed E-state index contributed by atoms with van der Waals surface area (Å²) in [6.45, 7) is 0.976. The molecule has 0 amide bonds. The molecule has 0 unspecified atom stereocenters. The first-order valence-corrected chi connectivity index (χ1v) is 6.96. The highest BCUT2D eigenvalue weighted by atomic mass is 32.2. The van der Waals surface area contributed by atoms with Crippen LogP contribution >= 0.6 is 24.0 Å². The first-order valence-electron chi connectivity index (χ1n) is 5.33. The van der Waals surface area contributed by atoms with Crippen molar-refractivity contribution in [1.29, 1.82) is 0 Å². The first-order chi connectivity index (χ1) is 7.74. The van der Waals surface area contributed by atoms with Crippen molar-refractivity contribution < 1.29 is 0 Å². The van der Waals surface area contributed by atoms with E-state index >= 15 is 0 Å². The highest BCUT2D eigenvalue weighted by molar-refractivity contribution is 8.00. The number of nitrogens with one attached hydrogen (secondary N) is 1. The molecular formula is C11H13N3S2. The van der Waals surface area contributed by atoms with Gasteiger partial charge in [0, 0.05) is 17.5 Å². The molecule has 0 saturated heterocycles. The largest absolute Gasteiger partial charge is 0.329 e. The average Bonchev–Trinajstić information content (AvgIpc) is 3.01. The van der Waals surface area contributed by atoms with Gasteiger partial charge >= 0.3 is 0 Å². The van der Waals surface area contributed by atoms with Crippen molar-refractivity contribution in [3.63, 3.8) is 0 Å². The third-order valence-electron chi connectivity index (χ3n) is 3.22. The molecule has 0 atom stereocenters. The maximum atomic E-state index is 5.35. The number of aromatic nitrogens is 3. The first kappa shape index (κ1) is 10.4. The monoisotopic (exact) mass is 251 g/mol. The van der Waals surface area contributed by atoms with Gasteiger partial charge < -0.3 is 9.55 Å². The van der Waals surface area contributed by atoms with E-state index in [0.717, 1.165) is 22.5 Å². The molecule has 0 aromatic carbocycles. The Hall–Kier alpha value is -0.810. The molecule has 1 aliphatic carbocycles. The van der Waals surface area contributed by atoms with Gasteiger partial charge in [0.2, 0.25) is 0 Å². The average molecular weight is 251 g/mol. The van der Waals surface area contributed by atoms with Gasteiger partial charge in [-0.3, -0.25) is 0 Å². The highest BCUT2D eigenvalue weighted by Crippen LogP contribution is 2.48. The fourth-order valence-corrected chi connectivity index (χ4v) is 3.02. The molecular weight excluding hydrogens is 238 g/mol. The van der Waals surface area contributed by atoms with E-state index < -0.39 is 0 Å². The fourth-order valence-electron chi connectivity index (χ4n) is 1.99. The molecule has 84 valence electrons. The van der Waals surface area contributed by atoms with E-state index in [1.807, 2.05) is 30.1 Å². The molecule has 2 aromatic heterocycles. The van der Waals surface area contributed by atoms with E-state index in [1.54, 1.807) is 0 Å². The summed E-state index contributed by atoms with van der Waals surface area (Å²) in [5, 5.41) is 0. The van der Waals surface area contributed by atoms with Crippen LogP contribution in [0.5, 0.6) is 0 Å². The van der Waals surface area contributed by atoms with Gasteiger partial charge in [0.25, 0.3) is 0 Å². The highest BCUT2D eigenvalue weighted by Gasteiger charge is 2.42. The van der Waals surface area contributed by atoms with E-state index in [-0.39, 0.29) is 0 Å². The van der Waals surface area contributed by atoms with Crippen molar-refractivity contribution in [2.75, 3.05) is 6.26 Å². The Morgan fingerprint density at radius 3 is 3.12 bits per heavy atom. The van der Waals surface area contributed by atoms with Gasteiger partial charge in [-0.1, -0.05) is 0 Å². The molecule has 1 N–H and O–H groups in total. The van der Waals surface area contributed by atoms with Crippen molar-refractivity contribution in [3.05, 3.63) is 23.1 Å². The molecule has 0 spiro atoms. The van der Waals surface area contributed by atoms with E-state index in [2.05, 4.69) is 20.8 Å². The summed E-state index contributed by atoms with van der Waals surface area (Å²) in [7, 11) is 0. The normalized spacial score (nSPS) is 17.8. The minimum Gasteiger partial charge on any atom is -0.329 e. The van der Waals surface area contributed by atoms with Crippen molar-refractivity contribution in [3.8, 4) is 0 Å². The summed E-state index contributed by atoms with van der Waals surface area (Å²) in [6, 6.07) is 3.95. The number of pyridine rings is 1. The second-order valence-electron chi connectivity index (χ2n) is 4.28. The number of rotatable bonds is 3. The molecule has 1 fully saturated rings. The molecule has 0 bridgehead atoms. The van der Waals surface area contributed by atoms with Crippen LogP contribution in [0.1, 0.15) is 12.8 Å². The van der Waals surface area contributed by atoms with Crippen LogP contribution in [0.2, 0.25) is 0 Å². The van der Waals surface area contributed by atoms with Crippen molar-refractivity contribution in [2.45, 2.75) is 24.1 Å². The molecule has 2 heterocycles. The number of hydrogen-bond acceptors (Lipinski definition) is 3. The molecule has 0 aliphatic heterocycles. The van der Waals surface area contributed by atoms with E-state index in [4.69, 9.17) is 12.2 Å². The summed E-state index contributed by atoms with van der Waals surface area (Å²) in [4.78, 5) is 7.61. The van der Waals surface area contributed by atoms with Crippen LogP contribution in [-0.4, -0.2) is 25.5 Å². The molecule has 0 radical (unpaired) electrons. The number of hydrogen-bond donors (Lipinski definition) is 1. The van der Waals surface area contributed by atoms with Crippen LogP contribution in [0.4, 0.5) is 0 Å². The van der Waals surface area contributed by atoms with Crippen molar-refractivity contribution in [2.24, 2.45) is 0 Å². The predicted octanol–water partition coefficient (Wildman–Crippen LogP) is 2.99. The number of nitrogens with zero attached hydrogens (tertiary/aromatic N) is 2. The lowest BCUT2D eigenvalue weighted by molar-refractivity contribution is 0.665. The van der Waals surface area contributed by atoms with E-state index in [1.165, 1.54) is 12.8 Å². The van der Waals surface area contributed by atoms with Crippen LogP contribution in [0.15, 0.2) is 18.3 Å². The SMILES string of the molecule is CSC1(Cn2c(=S)[nH]c3cccnc32)CC1. The summed E-state index contributed by atoms with van der Waals surface area (Å²) in [5.41, 5.74) is 2.01. The predicted molar refractivity (Wildman–Crippen MR) is 70.4 cm³/mol. The number of aromatic amines is 1. The van der Waals surface area contributed by atoms with Crippen molar-refractivity contribution >= 4 is 35.1 Å². The lowest BCUT2D eigenvalue weighted by atomic mass is 10.4. The number of imidazole rings is 1. The Morgan fingerprint density at radius 1 is 1.62 bits per heavy atom. The fraction of sp³-hybridized carbons (Fsp3) is 0.455. The second kappa shape index (κ2) is 3.60. The summed E-state index contributed by atoms with van der Waals surface area (Å²) < 4.78 is 3.33. The molecule has 3 nitrogen and oxygen atoms in total. The standard InChI is InChI=1S/C11H13N3S2/c1-16-11(4-5-11)7-14-9-8(13-10(14)15)3-2-6-12-9/h2-3,6H,4-5,7H2,1H3,(H,13,15). The quantitative estimate of drug-likeness (QED) is 0.851. The zero-order valence-electron chi connectivity index (χ0n) is 9.06. The van der Waals surface area contributed by atoms with Crippen LogP contribution in [0, 0.1) is 4.77 Å². The third-order valence-corrected chi connectivity index (χ3v) is 4.94. The van der Waals surface area contributed by atoms with Crippen molar-refractivity contribution in [1.82, 2.24) is 14.5 Å². The number of H-pyrrole nitrogens is 1. The Balaban J connectivity index is 2.09. The lowest BCUT2D eigenvalue weighted by Gasteiger charge is -2.12. The summed E-state index contributed by atoms with van der Waals surface area (Å²) in [6.07, 6.45) is 6.57. The summed E-state index contributed by atoms with van der Waals surface area (Å²) >= 11 is 7.30. The Kier molecular flexibility index (Phi) is 2.33. The maximum Gasteiger partial charge on any atom is 0.179 e. The van der Waals surface area contributed by atoms with Crippen LogP contribution in [0.3, 0.4) is 0 Å². The Bertz CT molecular complexity index is 580.